The van der Waals surface area contributed by atoms with Crippen LogP contribution in [0.2, 0.25) is 0 Å². The average Bonchev–Trinajstić information content (AvgIpc) is 2.53. The van der Waals surface area contributed by atoms with Crippen molar-refractivity contribution in [2.75, 3.05) is 0 Å². The molecule has 1 aliphatic rings. The highest BCUT2D eigenvalue weighted by molar-refractivity contribution is 5.48. The first kappa shape index (κ1) is 18.2. The summed E-state index contributed by atoms with van der Waals surface area (Å²) < 4.78 is 160. The van der Waals surface area contributed by atoms with Crippen LogP contribution >= 0.6 is 0 Å². The third kappa shape index (κ3) is 1.91. The highest BCUT2D eigenvalue weighted by atomic mass is 19.3. The molecule has 0 saturated carbocycles. The summed E-state index contributed by atoms with van der Waals surface area (Å²) in [6.45, 7) is 0. The van der Waals surface area contributed by atoms with Crippen molar-refractivity contribution in [3.63, 3.8) is 0 Å². The van der Waals surface area contributed by atoms with Gasteiger partial charge in [0.05, 0.1) is 5.56 Å². The summed E-state index contributed by atoms with van der Waals surface area (Å²) in [6.07, 6.45) is 0. The number of halogens is 12. The highest BCUT2D eigenvalue weighted by Crippen LogP contribution is 2.58. The van der Waals surface area contributed by atoms with Gasteiger partial charge in [-0.1, -0.05) is 0 Å². The Morgan fingerprint density at radius 1 is 0.458 bits per heavy atom. The average molecular weight is 372 g/mol. The molecule has 0 bridgehead atoms. The van der Waals surface area contributed by atoms with E-state index in [1.165, 1.54) is 0 Å². The van der Waals surface area contributed by atoms with E-state index < -0.39 is 69.5 Å². The second kappa shape index (κ2) is 5.18. The molecule has 1 aliphatic carbocycles. The summed E-state index contributed by atoms with van der Waals surface area (Å²) in [5.41, 5.74) is -9.07. The SMILES string of the molecule is FC1=C(F)C(F)(F)C(F)(c2c(F)c(F)c(F)c(F)c2F)C(F)=C1F. The molecule has 0 amide bonds. The van der Waals surface area contributed by atoms with Crippen molar-refractivity contribution in [3.8, 4) is 0 Å². The van der Waals surface area contributed by atoms with E-state index in [1.54, 1.807) is 0 Å². The molecule has 0 fully saturated rings. The summed E-state index contributed by atoms with van der Waals surface area (Å²) in [5.74, 6) is -35.4. The highest BCUT2D eigenvalue weighted by Gasteiger charge is 2.70. The normalized spacial score (nSPS) is 24.0. The van der Waals surface area contributed by atoms with Crippen molar-refractivity contribution >= 4 is 0 Å². The van der Waals surface area contributed by atoms with Gasteiger partial charge in [-0.15, -0.1) is 0 Å². The van der Waals surface area contributed by atoms with Crippen LogP contribution in [0.15, 0.2) is 23.3 Å². The summed E-state index contributed by atoms with van der Waals surface area (Å²) >= 11 is 0. The number of alkyl halides is 3. The lowest BCUT2D eigenvalue weighted by Crippen LogP contribution is -2.47. The number of hydrogen-bond donors (Lipinski definition) is 0. The first-order valence-corrected chi connectivity index (χ1v) is 5.52. The van der Waals surface area contributed by atoms with E-state index in [4.69, 9.17) is 0 Å². The van der Waals surface area contributed by atoms with Crippen LogP contribution in [-0.4, -0.2) is 5.92 Å². The number of rotatable bonds is 1. The maximum atomic E-state index is 14.4. The molecule has 0 saturated heterocycles. The van der Waals surface area contributed by atoms with Gasteiger partial charge in [-0.05, 0) is 0 Å². The minimum Gasteiger partial charge on any atom is -0.223 e. The molecule has 0 aromatic heterocycles. The molecule has 0 spiro atoms. The molecular weight excluding hydrogens is 372 g/mol. The van der Waals surface area contributed by atoms with Crippen molar-refractivity contribution < 1.29 is 52.7 Å². The molecule has 132 valence electrons. The van der Waals surface area contributed by atoms with Crippen LogP contribution in [0.5, 0.6) is 0 Å². The van der Waals surface area contributed by atoms with Crippen LogP contribution in [-0.2, 0) is 5.67 Å². The Hall–Kier alpha value is -2.14. The topological polar surface area (TPSA) is 0 Å². The van der Waals surface area contributed by atoms with Gasteiger partial charge < -0.3 is 0 Å². The zero-order valence-electron chi connectivity index (χ0n) is 10.5. The molecule has 0 N–H and O–H groups in total. The molecule has 24 heavy (non-hydrogen) atoms. The van der Waals surface area contributed by atoms with E-state index in [-0.39, 0.29) is 0 Å². The molecule has 1 aromatic carbocycles. The predicted octanol–water partition coefficient (Wildman–Crippen LogP) is 5.50. The molecule has 0 aliphatic heterocycles. The summed E-state index contributed by atoms with van der Waals surface area (Å²) in [6, 6.07) is 0. The number of hydrogen-bond acceptors (Lipinski definition) is 0. The summed E-state index contributed by atoms with van der Waals surface area (Å²) in [5, 5.41) is 0. The van der Waals surface area contributed by atoms with Gasteiger partial charge in [0.15, 0.2) is 40.7 Å². The van der Waals surface area contributed by atoms with Crippen molar-refractivity contribution in [2.45, 2.75) is 11.6 Å². The van der Waals surface area contributed by atoms with E-state index in [2.05, 4.69) is 0 Å². The van der Waals surface area contributed by atoms with Crippen LogP contribution in [0, 0.1) is 29.1 Å². The standard InChI is InChI=1S/C12F12/c13-2-1(3(14)5(16)6(17)4(2)15)11(22)9(20)7(18)8(19)10(21)12(11,23)24. The van der Waals surface area contributed by atoms with E-state index >= 15 is 0 Å². The molecule has 1 atom stereocenters. The summed E-state index contributed by atoms with van der Waals surface area (Å²) in [4.78, 5) is 0. The fraction of sp³-hybridized carbons (Fsp3) is 0.167. The van der Waals surface area contributed by atoms with E-state index in [0.29, 0.717) is 0 Å². The van der Waals surface area contributed by atoms with Crippen LogP contribution in [0.4, 0.5) is 52.7 Å². The lowest BCUT2D eigenvalue weighted by Gasteiger charge is -2.34. The maximum Gasteiger partial charge on any atom is 0.346 e. The smallest absolute Gasteiger partial charge is 0.223 e. The van der Waals surface area contributed by atoms with Gasteiger partial charge in [0.1, 0.15) is 0 Å². The Morgan fingerprint density at radius 3 is 1.21 bits per heavy atom. The predicted molar refractivity (Wildman–Crippen MR) is 52.4 cm³/mol. The lowest BCUT2D eigenvalue weighted by atomic mass is 9.82. The number of allylic oxidation sites excluding steroid dienone is 4. The van der Waals surface area contributed by atoms with Gasteiger partial charge in [-0.3, -0.25) is 0 Å². The third-order valence-electron chi connectivity index (χ3n) is 3.14. The van der Waals surface area contributed by atoms with Crippen molar-refractivity contribution in [1.82, 2.24) is 0 Å². The third-order valence-corrected chi connectivity index (χ3v) is 3.14. The summed E-state index contributed by atoms with van der Waals surface area (Å²) in [7, 11) is 0. The van der Waals surface area contributed by atoms with Crippen molar-refractivity contribution in [3.05, 3.63) is 58.0 Å². The molecule has 0 nitrogen and oxygen atoms in total. The minimum atomic E-state index is -6.16. The lowest BCUT2D eigenvalue weighted by molar-refractivity contribution is -0.127. The maximum absolute atomic E-state index is 14.4. The zero-order chi connectivity index (χ0) is 18.8. The van der Waals surface area contributed by atoms with E-state index in [1.807, 2.05) is 0 Å². The molecule has 2 rings (SSSR count). The Labute approximate surface area is 123 Å². The number of benzene rings is 1. The second-order valence-corrected chi connectivity index (χ2v) is 4.43. The van der Waals surface area contributed by atoms with Crippen LogP contribution < -0.4 is 0 Å². The minimum absolute atomic E-state index is 2.93. The first-order chi connectivity index (χ1) is 10.8. The van der Waals surface area contributed by atoms with Crippen molar-refractivity contribution in [2.24, 2.45) is 0 Å². The Morgan fingerprint density at radius 2 is 0.792 bits per heavy atom. The van der Waals surface area contributed by atoms with Gasteiger partial charge in [0, 0.05) is 0 Å². The molecule has 0 heterocycles. The van der Waals surface area contributed by atoms with Gasteiger partial charge in [0.25, 0.3) is 5.67 Å². The Kier molecular flexibility index (Phi) is 3.93. The van der Waals surface area contributed by atoms with Crippen LogP contribution in [0.25, 0.3) is 0 Å². The van der Waals surface area contributed by atoms with E-state index in [9.17, 15) is 52.7 Å². The van der Waals surface area contributed by atoms with Crippen LogP contribution in [0.3, 0.4) is 0 Å². The van der Waals surface area contributed by atoms with Crippen LogP contribution in [0.1, 0.15) is 5.56 Å². The van der Waals surface area contributed by atoms with E-state index in [0.717, 1.165) is 0 Å². The van der Waals surface area contributed by atoms with Gasteiger partial charge in [-0.2, -0.15) is 8.78 Å². The van der Waals surface area contributed by atoms with Gasteiger partial charge in [0.2, 0.25) is 11.6 Å². The second-order valence-electron chi connectivity index (χ2n) is 4.43. The fourth-order valence-electron chi connectivity index (χ4n) is 1.94. The molecule has 1 aromatic rings. The Bertz CT molecular complexity index is 776. The van der Waals surface area contributed by atoms with Gasteiger partial charge in [-0.25, -0.2) is 43.9 Å². The fourth-order valence-corrected chi connectivity index (χ4v) is 1.94. The molecular formula is C12F12. The zero-order valence-corrected chi connectivity index (χ0v) is 10.5. The molecule has 12 heteroatoms. The monoisotopic (exact) mass is 372 g/mol. The first-order valence-electron chi connectivity index (χ1n) is 5.52. The van der Waals surface area contributed by atoms with Crippen molar-refractivity contribution in [1.29, 1.82) is 0 Å². The molecule has 0 radical (unpaired) electrons. The quantitative estimate of drug-likeness (QED) is 0.347. The molecule has 1 unspecified atom stereocenters. The Balaban J connectivity index is 3.01. The van der Waals surface area contributed by atoms with Gasteiger partial charge >= 0.3 is 5.92 Å². The largest absolute Gasteiger partial charge is 0.346 e.